The maximum atomic E-state index is 13.2. The molecule has 0 saturated carbocycles. The molecule has 4 atom stereocenters. The number of amides is 3. The van der Waals surface area contributed by atoms with Gasteiger partial charge in [0.25, 0.3) is 0 Å². The number of nitrogens with zero attached hydrogens (tertiary/aromatic N) is 2. The molecule has 0 aliphatic carbocycles. The van der Waals surface area contributed by atoms with Crippen molar-refractivity contribution in [1.29, 1.82) is 0 Å². The van der Waals surface area contributed by atoms with E-state index in [4.69, 9.17) is 0 Å². The Balaban J connectivity index is 1.72. The number of benzene rings is 1. The van der Waals surface area contributed by atoms with Crippen molar-refractivity contribution in [1.82, 2.24) is 20.5 Å². The van der Waals surface area contributed by atoms with Crippen LogP contribution in [0.1, 0.15) is 51.4 Å². The Morgan fingerprint density at radius 3 is 2.43 bits per heavy atom. The van der Waals surface area contributed by atoms with Crippen LogP contribution in [0.25, 0.3) is 10.4 Å². The highest BCUT2D eigenvalue weighted by Gasteiger charge is 2.44. The van der Waals surface area contributed by atoms with Crippen LogP contribution in [-0.2, 0) is 16.2 Å². The van der Waals surface area contributed by atoms with Gasteiger partial charge in [0, 0.05) is 13.0 Å². The third-order valence-corrected chi connectivity index (χ3v) is 6.99. The van der Waals surface area contributed by atoms with Crippen LogP contribution in [0.5, 0.6) is 0 Å². The summed E-state index contributed by atoms with van der Waals surface area (Å²) in [5.41, 5.74) is 3.31. The number of rotatable bonds is 7. The molecule has 1 aromatic heterocycles. The number of carbonyl (C=O) groups excluding carboxylic acids is 2. The van der Waals surface area contributed by atoms with E-state index in [-0.39, 0.29) is 25.6 Å². The number of β-amino-alcohol motifs (C(OH)–C–C–N with tert-alkyl or cyclic N) is 1. The summed E-state index contributed by atoms with van der Waals surface area (Å²) in [4.78, 5) is 43.9. The summed E-state index contributed by atoms with van der Waals surface area (Å²) in [6, 6.07) is 5.18. The van der Waals surface area contributed by atoms with Gasteiger partial charge in [0.1, 0.15) is 12.1 Å². The molecule has 1 saturated heterocycles. The predicted octanol–water partition coefficient (Wildman–Crippen LogP) is 2.12. The lowest BCUT2D eigenvalue weighted by Gasteiger charge is -2.34. The van der Waals surface area contributed by atoms with Gasteiger partial charge >= 0.3 is 6.09 Å². The van der Waals surface area contributed by atoms with E-state index in [9.17, 15) is 29.7 Å². The number of aliphatic hydroxyl groups is 2. The maximum Gasteiger partial charge on any atom is 0.405 e. The lowest BCUT2D eigenvalue weighted by molar-refractivity contribution is -0.142. The van der Waals surface area contributed by atoms with Crippen molar-refractivity contribution < 1.29 is 29.7 Å². The van der Waals surface area contributed by atoms with Gasteiger partial charge in [-0.2, -0.15) is 0 Å². The summed E-state index contributed by atoms with van der Waals surface area (Å²) < 4.78 is 0. The molecule has 35 heavy (non-hydrogen) atoms. The third kappa shape index (κ3) is 6.16. The second kappa shape index (κ2) is 10.7. The van der Waals surface area contributed by atoms with Crippen LogP contribution in [0.3, 0.4) is 0 Å². The van der Waals surface area contributed by atoms with Gasteiger partial charge < -0.3 is 30.9 Å². The summed E-state index contributed by atoms with van der Waals surface area (Å²) in [5, 5.41) is 34.0. The minimum atomic E-state index is -1.33. The number of likely N-dealkylation sites (tertiary alicyclic amines) is 1. The molecule has 10 nitrogen and oxygen atoms in total. The van der Waals surface area contributed by atoms with Gasteiger partial charge in [-0.1, -0.05) is 45.0 Å². The summed E-state index contributed by atoms with van der Waals surface area (Å²) in [7, 11) is 0. The molecule has 1 fully saturated rings. The number of carbonyl (C=O) groups is 3. The van der Waals surface area contributed by atoms with Crippen LogP contribution in [0.4, 0.5) is 4.79 Å². The molecular formula is C24H32N4O6S. The minimum Gasteiger partial charge on any atom is -0.465 e. The first-order chi connectivity index (χ1) is 16.4. The van der Waals surface area contributed by atoms with E-state index in [0.29, 0.717) is 5.69 Å². The zero-order valence-electron chi connectivity index (χ0n) is 20.2. The van der Waals surface area contributed by atoms with Crippen LogP contribution >= 0.6 is 11.3 Å². The molecule has 2 aromatic rings. The maximum absolute atomic E-state index is 13.2. The van der Waals surface area contributed by atoms with E-state index < -0.39 is 41.5 Å². The monoisotopic (exact) mass is 504 g/mol. The average Bonchev–Trinajstić information content (AvgIpc) is 3.42. The van der Waals surface area contributed by atoms with Crippen molar-refractivity contribution in [3.63, 3.8) is 0 Å². The van der Waals surface area contributed by atoms with Crippen molar-refractivity contribution in [2.75, 3.05) is 6.54 Å². The smallest absolute Gasteiger partial charge is 0.405 e. The minimum absolute atomic E-state index is 0.0457. The topological polar surface area (TPSA) is 152 Å². The number of thiazole rings is 1. The Bertz CT molecular complexity index is 1060. The van der Waals surface area contributed by atoms with E-state index in [1.54, 1.807) is 26.3 Å². The normalized spacial score (nSPS) is 19.8. The molecule has 11 heteroatoms. The highest BCUT2D eigenvalue weighted by Crippen LogP contribution is 2.30. The molecule has 0 spiro atoms. The lowest BCUT2D eigenvalue weighted by Crippen LogP contribution is -2.57. The molecule has 2 heterocycles. The quantitative estimate of drug-likeness (QED) is 0.387. The lowest BCUT2D eigenvalue weighted by atomic mass is 9.85. The van der Waals surface area contributed by atoms with Crippen molar-refractivity contribution >= 4 is 29.2 Å². The molecule has 190 valence electrons. The number of hydrogen-bond donors (Lipinski definition) is 5. The summed E-state index contributed by atoms with van der Waals surface area (Å²) in [6.07, 6.45) is -2.14. The largest absolute Gasteiger partial charge is 0.465 e. The van der Waals surface area contributed by atoms with Gasteiger partial charge in [-0.05, 0) is 23.5 Å². The number of carboxylic acid groups (broad SMARTS) is 1. The second-order valence-electron chi connectivity index (χ2n) is 9.78. The molecule has 1 aliphatic rings. The average molecular weight is 505 g/mol. The summed E-state index contributed by atoms with van der Waals surface area (Å²) in [5.74, 6) is -0.961. The molecule has 3 amide bonds. The number of hydrogen-bond acceptors (Lipinski definition) is 7. The van der Waals surface area contributed by atoms with Crippen LogP contribution < -0.4 is 10.6 Å². The van der Waals surface area contributed by atoms with E-state index >= 15 is 0 Å². The van der Waals surface area contributed by atoms with Gasteiger partial charge in [-0.15, -0.1) is 11.3 Å². The molecule has 0 bridgehead atoms. The second-order valence-corrected chi connectivity index (χ2v) is 10.6. The fraction of sp³-hybridized carbons (Fsp3) is 0.500. The van der Waals surface area contributed by atoms with Gasteiger partial charge in [-0.25, -0.2) is 9.78 Å². The fourth-order valence-electron chi connectivity index (χ4n) is 4.18. The molecule has 5 N–H and O–H groups in total. The van der Waals surface area contributed by atoms with E-state index in [1.165, 1.54) is 16.2 Å². The Morgan fingerprint density at radius 1 is 1.20 bits per heavy atom. The first-order valence-electron chi connectivity index (χ1n) is 11.3. The number of aromatic nitrogens is 1. The van der Waals surface area contributed by atoms with Crippen molar-refractivity contribution in [3.8, 4) is 10.4 Å². The van der Waals surface area contributed by atoms with Gasteiger partial charge in [0.15, 0.2) is 0 Å². The predicted molar refractivity (Wildman–Crippen MR) is 131 cm³/mol. The molecule has 2 unspecified atom stereocenters. The van der Waals surface area contributed by atoms with Crippen LogP contribution in [0, 0.1) is 5.41 Å². The van der Waals surface area contributed by atoms with Crippen LogP contribution in [0.2, 0.25) is 0 Å². The van der Waals surface area contributed by atoms with E-state index in [1.807, 2.05) is 31.2 Å². The van der Waals surface area contributed by atoms with Crippen LogP contribution in [0.15, 0.2) is 29.8 Å². The van der Waals surface area contributed by atoms with Gasteiger partial charge in [0.2, 0.25) is 11.8 Å². The zero-order valence-corrected chi connectivity index (χ0v) is 21.0. The molecule has 1 aromatic carbocycles. The summed E-state index contributed by atoms with van der Waals surface area (Å²) >= 11 is 1.44. The molecular weight excluding hydrogens is 472 g/mol. The van der Waals surface area contributed by atoms with Crippen molar-refractivity contribution in [2.24, 2.45) is 5.41 Å². The zero-order chi connectivity index (χ0) is 25.9. The first kappa shape index (κ1) is 26.6. The molecule has 0 radical (unpaired) electrons. The Hall–Kier alpha value is -3.02. The Morgan fingerprint density at radius 2 is 1.86 bits per heavy atom. The molecule has 3 rings (SSSR count). The summed E-state index contributed by atoms with van der Waals surface area (Å²) in [6.45, 7) is 6.82. The van der Waals surface area contributed by atoms with E-state index in [0.717, 1.165) is 16.0 Å². The highest BCUT2D eigenvalue weighted by molar-refractivity contribution is 7.13. The Labute approximate surface area is 208 Å². The standard InChI is InChI=1S/C24H32N4O6S/c1-13(14-5-7-15(8-6-14)19-17(11-29)25-12-35-19)26-21(31)18-9-16(30)10-28(18)22(32)20(24(2,3)4)27-23(33)34/h5-8,12-13,16,18,20,27,29-30H,9-11H2,1-4H3,(H,26,31)(H,33,34)/t13?,16-,18+,20?/m1/s1. The first-order valence-corrected chi connectivity index (χ1v) is 12.2. The van der Waals surface area contributed by atoms with Gasteiger partial charge in [0.05, 0.1) is 34.8 Å². The highest BCUT2D eigenvalue weighted by atomic mass is 32.1. The fourth-order valence-corrected chi connectivity index (χ4v) is 4.99. The molecule has 1 aliphatic heterocycles. The number of nitrogens with one attached hydrogen (secondary N) is 2. The SMILES string of the molecule is CC(NC(=O)[C@@H]1C[C@@H](O)CN1C(=O)C(NC(=O)O)C(C)(C)C)c1ccc(-c2scnc2CO)cc1. The Kier molecular flexibility index (Phi) is 8.14. The van der Waals surface area contributed by atoms with Gasteiger partial charge in [-0.3, -0.25) is 9.59 Å². The van der Waals surface area contributed by atoms with Crippen LogP contribution in [-0.4, -0.2) is 67.8 Å². The van der Waals surface area contributed by atoms with Crippen molar-refractivity contribution in [3.05, 3.63) is 41.0 Å². The van der Waals surface area contributed by atoms with E-state index in [2.05, 4.69) is 15.6 Å². The van der Waals surface area contributed by atoms with Crippen molar-refractivity contribution in [2.45, 2.75) is 65.0 Å². The third-order valence-electron chi connectivity index (χ3n) is 6.07. The number of aliphatic hydroxyl groups excluding tert-OH is 2.